The number of hydrogen-bond acceptors (Lipinski definition) is 4. The molecule has 0 aliphatic heterocycles. The summed E-state index contributed by atoms with van der Waals surface area (Å²) in [4.78, 5) is 11.7. The third-order valence-corrected chi connectivity index (χ3v) is 3.22. The molecular weight excluding hydrogens is 318 g/mol. The molecular formula is C18H16F2O4. The number of halogens is 2. The van der Waals surface area contributed by atoms with Crippen molar-refractivity contribution in [2.24, 2.45) is 0 Å². The van der Waals surface area contributed by atoms with Crippen LogP contribution in [-0.4, -0.2) is 20.2 Å². The standard InChI is InChI=1S/C18H16F2O4/c1-11-4-5-12(13-6-14(19)9-15(20)7-13)8-16(11)24-17(10-22-2)18(21)23-3/h4-10H,1-3H3. The number of benzene rings is 2. The molecule has 0 N–H and O–H groups in total. The molecule has 0 bridgehead atoms. The Labute approximate surface area is 138 Å². The molecule has 4 nitrogen and oxygen atoms in total. The minimum atomic E-state index is -0.710. The Balaban J connectivity index is 2.41. The van der Waals surface area contributed by atoms with E-state index in [0.29, 0.717) is 16.9 Å². The van der Waals surface area contributed by atoms with Crippen molar-refractivity contribution in [3.8, 4) is 16.9 Å². The first-order chi connectivity index (χ1) is 11.4. The highest BCUT2D eigenvalue weighted by Crippen LogP contribution is 2.29. The van der Waals surface area contributed by atoms with Crippen molar-refractivity contribution in [2.45, 2.75) is 6.92 Å². The van der Waals surface area contributed by atoms with Crippen LogP contribution in [0.2, 0.25) is 0 Å². The molecule has 0 heterocycles. The van der Waals surface area contributed by atoms with Crippen molar-refractivity contribution in [3.63, 3.8) is 0 Å². The predicted octanol–water partition coefficient (Wildman–Crippen LogP) is 3.98. The fourth-order valence-electron chi connectivity index (χ4n) is 2.05. The minimum absolute atomic E-state index is 0.148. The summed E-state index contributed by atoms with van der Waals surface area (Å²) in [6, 6.07) is 8.22. The SMILES string of the molecule is COC=C(Oc1cc(-c2cc(F)cc(F)c2)ccc1C)C(=O)OC. The number of aryl methyl sites for hydroxylation is 1. The summed E-state index contributed by atoms with van der Waals surface area (Å²) in [5, 5.41) is 0. The summed E-state index contributed by atoms with van der Waals surface area (Å²) in [5.74, 6) is -1.87. The maximum Gasteiger partial charge on any atom is 0.377 e. The highest BCUT2D eigenvalue weighted by Gasteiger charge is 2.15. The summed E-state index contributed by atoms with van der Waals surface area (Å²) >= 11 is 0. The van der Waals surface area contributed by atoms with Gasteiger partial charge in [0, 0.05) is 6.07 Å². The highest BCUT2D eigenvalue weighted by molar-refractivity contribution is 5.86. The summed E-state index contributed by atoms with van der Waals surface area (Å²) < 4.78 is 41.7. The number of hydrogen-bond donors (Lipinski definition) is 0. The molecule has 2 aromatic carbocycles. The van der Waals surface area contributed by atoms with Gasteiger partial charge in [0.25, 0.3) is 0 Å². The number of ether oxygens (including phenoxy) is 3. The van der Waals surface area contributed by atoms with E-state index in [0.717, 1.165) is 17.9 Å². The van der Waals surface area contributed by atoms with E-state index in [2.05, 4.69) is 4.74 Å². The van der Waals surface area contributed by atoms with Crippen LogP contribution in [0.15, 0.2) is 48.4 Å². The summed E-state index contributed by atoms with van der Waals surface area (Å²) in [6.45, 7) is 1.77. The topological polar surface area (TPSA) is 44.8 Å². The fraction of sp³-hybridized carbons (Fsp3) is 0.167. The zero-order valence-electron chi connectivity index (χ0n) is 13.4. The van der Waals surface area contributed by atoms with Crippen molar-refractivity contribution < 1.29 is 27.8 Å². The summed E-state index contributed by atoms with van der Waals surface area (Å²) in [7, 11) is 2.58. The molecule has 2 rings (SSSR count). The normalized spacial score (nSPS) is 11.1. The third-order valence-electron chi connectivity index (χ3n) is 3.22. The second kappa shape index (κ2) is 7.59. The van der Waals surface area contributed by atoms with Gasteiger partial charge in [-0.05, 0) is 41.8 Å². The van der Waals surface area contributed by atoms with Gasteiger partial charge in [-0.25, -0.2) is 13.6 Å². The average Bonchev–Trinajstić information content (AvgIpc) is 2.54. The Kier molecular flexibility index (Phi) is 5.52. The van der Waals surface area contributed by atoms with Crippen molar-refractivity contribution in [3.05, 3.63) is 65.6 Å². The smallest absolute Gasteiger partial charge is 0.377 e. The first kappa shape index (κ1) is 17.5. The maximum atomic E-state index is 13.4. The molecule has 2 aromatic rings. The average molecular weight is 334 g/mol. The first-order valence-corrected chi connectivity index (χ1v) is 7.01. The molecule has 0 spiro atoms. The molecule has 126 valence electrons. The largest absolute Gasteiger partial charge is 0.500 e. The molecule has 0 saturated heterocycles. The van der Waals surface area contributed by atoms with Crippen LogP contribution in [0, 0.1) is 18.6 Å². The molecule has 0 aliphatic carbocycles. The molecule has 6 heteroatoms. The van der Waals surface area contributed by atoms with Gasteiger partial charge in [0.1, 0.15) is 23.6 Å². The van der Waals surface area contributed by atoms with Gasteiger partial charge in [0.2, 0.25) is 5.76 Å². The molecule has 0 aliphatic rings. The Morgan fingerprint density at radius 1 is 1.00 bits per heavy atom. The molecule has 24 heavy (non-hydrogen) atoms. The summed E-state index contributed by atoms with van der Waals surface area (Å²) in [6.07, 6.45) is 1.11. The Morgan fingerprint density at radius 2 is 1.67 bits per heavy atom. The molecule has 0 fully saturated rings. The third kappa shape index (κ3) is 4.10. The second-order valence-electron chi connectivity index (χ2n) is 4.95. The molecule has 0 saturated carbocycles. The molecule has 0 aromatic heterocycles. The van der Waals surface area contributed by atoms with E-state index in [4.69, 9.17) is 9.47 Å². The molecule has 0 unspecified atom stereocenters. The zero-order chi connectivity index (χ0) is 17.7. The lowest BCUT2D eigenvalue weighted by Gasteiger charge is -2.12. The quantitative estimate of drug-likeness (QED) is 0.471. The minimum Gasteiger partial charge on any atom is -0.500 e. The molecule has 0 radical (unpaired) electrons. The monoisotopic (exact) mass is 334 g/mol. The van der Waals surface area contributed by atoms with Crippen LogP contribution in [0.4, 0.5) is 8.78 Å². The first-order valence-electron chi connectivity index (χ1n) is 7.01. The van der Waals surface area contributed by atoms with Gasteiger partial charge < -0.3 is 14.2 Å². The number of rotatable bonds is 5. The lowest BCUT2D eigenvalue weighted by Crippen LogP contribution is -2.11. The van der Waals surface area contributed by atoms with Crippen molar-refractivity contribution in [1.29, 1.82) is 0 Å². The van der Waals surface area contributed by atoms with Gasteiger partial charge in [-0.1, -0.05) is 12.1 Å². The highest BCUT2D eigenvalue weighted by atomic mass is 19.1. The van der Waals surface area contributed by atoms with Crippen molar-refractivity contribution in [1.82, 2.24) is 0 Å². The number of carbonyl (C=O) groups excluding carboxylic acids is 1. The van der Waals surface area contributed by atoms with E-state index in [9.17, 15) is 13.6 Å². The van der Waals surface area contributed by atoms with Crippen LogP contribution in [0.25, 0.3) is 11.1 Å². The van der Waals surface area contributed by atoms with Gasteiger partial charge in [0.15, 0.2) is 0 Å². The van der Waals surface area contributed by atoms with E-state index in [1.807, 2.05) is 0 Å². The van der Waals surface area contributed by atoms with Crippen LogP contribution >= 0.6 is 0 Å². The van der Waals surface area contributed by atoms with Gasteiger partial charge in [-0.2, -0.15) is 0 Å². The van der Waals surface area contributed by atoms with E-state index < -0.39 is 17.6 Å². The van der Waals surface area contributed by atoms with Crippen LogP contribution < -0.4 is 4.74 Å². The fourth-order valence-corrected chi connectivity index (χ4v) is 2.05. The Bertz CT molecular complexity index is 764. The number of methoxy groups -OCH3 is 2. The van der Waals surface area contributed by atoms with E-state index in [-0.39, 0.29) is 5.76 Å². The van der Waals surface area contributed by atoms with Gasteiger partial charge >= 0.3 is 5.97 Å². The van der Waals surface area contributed by atoms with Crippen molar-refractivity contribution in [2.75, 3.05) is 14.2 Å². The molecule has 0 amide bonds. The van der Waals surface area contributed by atoms with E-state index in [1.54, 1.807) is 25.1 Å². The number of carbonyl (C=O) groups is 1. The number of esters is 1. The van der Waals surface area contributed by atoms with E-state index in [1.165, 1.54) is 26.4 Å². The van der Waals surface area contributed by atoms with Crippen LogP contribution in [0.3, 0.4) is 0 Å². The second-order valence-corrected chi connectivity index (χ2v) is 4.95. The lowest BCUT2D eigenvalue weighted by atomic mass is 10.0. The summed E-state index contributed by atoms with van der Waals surface area (Å²) in [5.41, 5.74) is 1.62. The Morgan fingerprint density at radius 3 is 2.25 bits per heavy atom. The van der Waals surface area contributed by atoms with Crippen molar-refractivity contribution >= 4 is 5.97 Å². The zero-order valence-corrected chi connectivity index (χ0v) is 13.4. The van der Waals surface area contributed by atoms with Gasteiger partial charge in [-0.15, -0.1) is 0 Å². The van der Waals surface area contributed by atoms with Crippen LogP contribution in [0.5, 0.6) is 5.75 Å². The van der Waals surface area contributed by atoms with Gasteiger partial charge in [-0.3, -0.25) is 0 Å². The van der Waals surface area contributed by atoms with E-state index >= 15 is 0 Å². The Hall–Kier alpha value is -2.89. The van der Waals surface area contributed by atoms with Crippen LogP contribution in [-0.2, 0) is 14.3 Å². The van der Waals surface area contributed by atoms with Gasteiger partial charge in [0.05, 0.1) is 14.2 Å². The molecule has 0 atom stereocenters. The van der Waals surface area contributed by atoms with Crippen LogP contribution in [0.1, 0.15) is 5.56 Å². The lowest BCUT2D eigenvalue weighted by molar-refractivity contribution is -0.138. The predicted molar refractivity (Wildman–Crippen MR) is 84.3 cm³/mol. The maximum absolute atomic E-state index is 13.4.